The van der Waals surface area contributed by atoms with Gasteiger partial charge in [0, 0.05) is 44.0 Å². The quantitative estimate of drug-likeness (QED) is 0.674. The fourth-order valence-electron chi connectivity index (χ4n) is 5.13. The zero-order valence-electron chi connectivity index (χ0n) is 17.5. The van der Waals surface area contributed by atoms with Gasteiger partial charge in [0.25, 0.3) is 0 Å². The van der Waals surface area contributed by atoms with Gasteiger partial charge in [-0.3, -0.25) is 14.6 Å². The molecule has 1 amide bonds. The van der Waals surface area contributed by atoms with Crippen molar-refractivity contribution in [1.82, 2.24) is 9.80 Å². The largest absolute Gasteiger partial charge is 0.472 e. The predicted octanol–water partition coefficient (Wildman–Crippen LogP) is 3.80. The van der Waals surface area contributed by atoms with Gasteiger partial charge in [0.05, 0.1) is 41.2 Å². The number of anilines is 1. The Balaban J connectivity index is 1.37. The lowest BCUT2D eigenvalue weighted by atomic mass is 9.73. The molecule has 0 radical (unpaired) electrons. The lowest BCUT2D eigenvalue weighted by Crippen LogP contribution is -2.50. The van der Waals surface area contributed by atoms with Gasteiger partial charge in [0.1, 0.15) is 0 Å². The molecular formula is C23H27Cl2N3O3. The third-order valence-corrected chi connectivity index (χ3v) is 7.66. The molecule has 8 heteroatoms. The molecule has 1 spiro atoms. The summed E-state index contributed by atoms with van der Waals surface area (Å²) >= 11 is 12.8. The fourth-order valence-corrected chi connectivity index (χ4v) is 5.45. The minimum absolute atomic E-state index is 0.192. The van der Waals surface area contributed by atoms with E-state index in [1.807, 2.05) is 23.1 Å². The number of likely N-dealkylation sites (tertiary alicyclic amines) is 1. The average Bonchev–Trinajstić information content (AvgIpc) is 3.36. The molecule has 5 rings (SSSR count). The first-order chi connectivity index (χ1) is 15.1. The molecule has 0 aliphatic carbocycles. The standard InChI is InChI=1S/C23H27Cl2N3O3/c24-19-13-18-21(14-20(19)25)28(7-6-26-8-11-30-12-9-26)22(29)23(18)2-4-27(5-3-23)15-17-1-10-31-16-17/h1,10,13-14,16H,2-9,11-12,15H2. The van der Waals surface area contributed by atoms with Gasteiger partial charge in [-0.15, -0.1) is 0 Å². The molecule has 0 bridgehead atoms. The van der Waals surface area contributed by atoms with E-state index in [2.05, 4.69) is 9.80 Å². The van der Waals surface area contributed by atoms with Crippen molar-refractivity contribution in [2.75, 3.05) is 57.4 Å². The van der Waals surface area contributed by atoms with Gasteiger partial charge in [0.2, 0.25) is 5.91 Å². The number of carbonyl (C=O) groups is 1. The lowest BCUT2D eigenvalue weighted by molar-refractivity contribution is -0.125. The predicted molar refractivity (Wildman–Crippen MR) is 121 cm³/mol. The number of ether oxygens (including phenoxy) is 1. The molecule has 1 aromatic heterocycles. The van der Waals surface area contributed by atoms with Crippen molar-refractivity contribution in [2.45, 2.75) is 24.8 Å². The topological polar surface area (TPSA) is 49.2 Å². The molecule has 2 aromatic rings. The van der Waals surface area contributed by atoms with Crippen LogP contribution in [0.25, 0.3) is 0 Å². The summed E-state index contributed by atoms with van der Waals surface area (Å²) in [4.78, 5) is 20.5. The SMILES string of the molecule is O=C1N(CCN2CCOCC2)c2cc(Cl)c(Cl)cc2C12CCN(Cc1ccoc1)CC2. The Bertz CT molecular complexity index is 936. The number of benzene rings is 1. The van der Waals surface area contributed by atoms with Gasteiger partial charge in [-0.05, 0) is 49.7 Å². The molecule has 0 N–H and O–H groups in total. The Morgan fingerprint density at radius 3 is 2.42 bits per heavy atom. The maximum Gasteiger partial charge on any atom is 0.237 e. The number of furan rings is 1. The summed E-state index contributed by atoms with van der Waals surface area (Å²) in [6.07, 6.45) is 5.05. The number of piperidine rings is 1. The highest BCUT2D eigenvalue weighted by Gasteiger charge is 2.52. The van der Waals surface area contributed by atoms with Crippen LogP contribution in [-0.4, -0.2) is 68.2 Å². The van der Waals surface area contributed by atoms with E-state index in [9.17, 15) is 4.79 Å². The molecule has 0 unspecified atom stereocenters. The number of carbonyl (C=O) groups excluding carboxylic acids is 1. The summed E-state index contributed by atoms with van der Waals surface area (Å²) in [6.45, 7) is 7.36. The third-order valence-electron chi connectivity index (χ3n) is 6.94. The van der Waals surface area contributed by atoms with Crippen molar-refractivity contribution in [1.29, 1.82) is 0 Å². The van der Waals surface area contributed by atoms with Gasteiger partial charge >= 0.3 is 0 Å². The number of hydrogen-bond acceptors (Lipinski definition) is 5. The van der Waals surface area contributed by atoms with Crippen LogP contribution in [0.4, 0.5) is 5.69 Å². The first kappa shape index (κ1) is 21.3. The van der Waals surface area contributed by atoms with Crippen molar-refractivity contribution in [2.24, 2.45) is 0 Å². The highest BCUT2D eigenvalue weighted by Crippen LogP contribution is 2.50. The van der Waals surface area contributed by atoms with Crippen molar-refractivity contribution in [3.05, 3.63) is 51.9 Å². The van der Waals surface area contributed by atoms with Gasteiger partial charge in [-0.1, -0.05) is 23.2 Å². The Morgan fingerprint density at radius 1 is 0.968 bits per heavy atom. The van der Waals surface area contributed by atoms with Crippen LogP contribution >= 0.6 is 23.2 Å². The zero-order chi connectivity index (χ0) is 21.4. The van der Waals surface area contributed by atoms with Crippen LogP contribution in [0.5, 0.6) is 0 Å². The second-order valence-corrected chi connectivity index (χ2v) is 9.50. The molecule has 3 aliphatic rings. The molecule has 0 saturated carbocycles. The first-order valence-electron chi connectivity index (χ1n) is 10.9. The van der Waals surface area contributed by atoms with Gasteiger partial charge < -0.3 is 14.1 Å². The number of fused-ring (bicyclic) bond motifs is 2. The molecular weight excluding hydrogens is 437 g/mol. The van der Waals surface area contributed by atoms with Crippen molar-refractivity contribution in [3.63, 3.8) is 0 Å². The molecule has 166 valence electrons. The zero-order valence-corrected chi connectivity index (χ0v) is 19.0. The summed E-state index contributed by atoms with van der Waals surface area (Å²) < 4.78 is 10.7. The Morgan fingerprint density at radius 2 is 1.71 bits per heavy atom. The summed E-state index contributed by atoms with van der Waals surface area (Å²) in [5.41, 5.74) is 2.62. The van der Waals surface area contributed by atoms with E-state index < -0.39 is 5.41 Å². The second kappa shape index (κ2) is 8.75. The van der Waals surface area contributed by atoms with E-state index in [1.54, 1.807) is 12.5 Å². The molecule has 2 saturated heterocycles. The molecule has 0 atom stereocenters. The van der Waals surface area contributed by atoms with Gasteiger partial charge in [0.15, 0.2) is 0 Å². The smallest absolute Gasteiger partial charge is 0.237 e. The molecule has 6 nitrogen and oxygen atoms in total. The van der Waals surface area contributed by atoms with E-state index >= 15 is 0 Å². The number of rotatable bonds is 5. The van der Waals surface area contributed by atoms with E-state index in [0.717, 1.165) is 82.1 Å². The van der Waals surface area contributed by atoms with Crippen LogP contribution in [0.2, 0.25) is 10.0 Å². The molecule has 4 heterocycles. The second-order valence-electron chi connectivity index (χ2n) is 8.68. The van der Waals surface area contributed by atoms with Crippen LogP contribution < -0.4 is 4.90 Å². The van der Waals surface area contributed by atoms with E-state index in [-0.39, 0.29) is 5.91 Å². The summed E-state index contributed by atoms with van der Waals surface area (Å²) in [7, 11) is 0. The van der Waals surface area contributed by atoms with Crippen LogP contribution in [-0.2, 0) is 21.5 Å². The Labute approximate surface area is 192 Å². The molecule has 1 aromatic carbocycles. The van der Waals surface area contributed by atoms with Crippen LogP contribution in [0.3, 0.4) is 0 Å². The molecule has 3 aliphatic heterocycles. The van der Waals surface area contributed by atoms with Crippen molar-refractivity contribution < 1.29 is 13.9 Å². The van der Waals surface area contributed by atoms with Crippen LogP contribution in [0, 0.1) is 0 Å². The fraction of sp³-hybridized carbons (Fsp3) is 0.522. The number of amides is 1. The summed E-state index contributed by atoms with van der Waals surface area (Å²) in [5, 5.41) is 1.02. The van der Waals surface area contributed by atoms with E-state index in [1.165, 1.54) is 0 Å². The highest BCUT2D eigenvalue weighted by molar-refractivity contribution is 6.42. The van der Waals surface area contributed by atoms with Crippen molar-refractivity contribution >= 4 is 34.8 Å². The van der Waals surface area contributed by atoms with Gasteiger partial charge in [-0.2, -0.15) is 0 Å². The Kier molecular flexibility index (Phi) is 6.01. The number of morpholine rings is 1. The van der Waals surface area contributed by atoms with Gasteiger partial charge in [-0.25, -0.2) is 0 Å². The minimum atomic E-state index is -0.512. The minimum Gasteiger partial charge on any atom is -0.472 e. The maximum absolute atomic E-state index is 13.8. The third kappa shape index (κ3) is 4.00. The average molecular weight is 464 g/mol. The monoisotopic (exact) mass is 463 g/mol. The molecule has 31 heavy (non-hydrogen) atoms. The number of halogens is 2. The van der Waals surface area contributed by atoms with E-state index in [4.69, 9.17) is 32.4 Å². The Hall–Kier alpha value is -1.57. The lowest BCUT2D eigenvalue weighted by Gasteiger charge is -2.38. The van der Waals surface area contributed by atoms with Crippen LogP contribution in [0.15, 0.2) is 35.1 Å². The highest BCUT2D eigenvalue weighted by atomic mass is 35.5. The molecule has 2 fully saturated rings. The first-order valence-corrected chi connectivity index (χ1v) is 11.7. The number of nitrogens with zero attached hydrogens (tertiary/aromatic N) is 3. The van der Waals surface area contributed by atoms with Crippen molar-refractivity contribution in [3.8, 4) is 0 Å². The normalized spacial score (nSPS) is 21.7. The van der Waals surface area contributed by atoms with Crippen LogP contribution in [0.1, 0.15) is 24.0 Å². The van der Waals surface area contributed by atoms with E-state index in [0.29, 0.717) is 16.6 Å². The summed E-state index contributed by atoms with van der Waals surface area (Å²) in [6, 6.07) is 5.80. The summed E-state index contributed by atoms with van der Waals surface area (Å²) in [5.74, 6) is 0.192. The maximum atomic E-state index is 13.8. The number of hydrogen-bond donors (Lipinski definition) is 0.